The molecule has 5 heteroatoms. The summed E-state index contributed by atoms with van der Waals surface area (Å²) in [4.78, 5) is 10.7. The van der Waals surface area contributed by atoms with Crippen molar-refractivity contribution >= 4 is 21.7 Å². The van der Waals surface area contributed by atoms with Gasteiger partial charge in [0.15, 0.2) is 0 Å². The van der Waals surface area contributed by atoms with Gasteiger partial charge in [0.05, 0.1) is 17.8 Å². The summed E-state index contributed by atoms with van der Waals surface area (Å²) >= 11 is 3.47. The summed E-state index contributed by atoms with van der Waals surface area (Å²) in [5.41, 5.74) is 0. The molecule has 2 rings (SSSR count). The van der Waals surface area contributed by atoms with Crippen LogP contribution in [0.2, 0.25) is 0 Å². The lowest BCUT2D eigenvalue weighted by molar-refractivity contribution is 0.379. The van der Waals surface area contributed by atoms with E-state index in [0.717, 1.165) is 23.4 Å². The number of nitrogens with zero attached hydrogens (tertiary/aromatic N) is 3. The van der Waals surface area contributed by atoms with E-state index in [9.17, 15) is 0 Å². The largest absolute Gasteiger partial charge is 0.467 e. The molecule has 0 spiro atoms. The Morgan fingerprint density at radius 3 is 2.73 bits per heavy atom. The minimum atomic E-state index is 0.429. The molecule has 0 bridgehead atoms. The molecule has 0 aliphatic carbocycles. The number of piperidine rings is 1. The number of hydrogen-bond acceptors (Lipinski definition) is 4. The van der Waals surface area contributed by atoms with E-state index < -0.39 is 0 Å². The quantitative estimate of drug-likeness (QED) is 0.827. The zero-order valence-corrected chi connectivity index (χ0v) is 10.3. The van der Waals surface area contributed by atoms with Crippen LogP contribution in [0.1, 0.15) is 19.3 Å². The maximum atomic E-state index is 5.03. The molecular formula is C10H14BrN3O. The van der Waals surface area contributed by atoms with Crippen molar-refractivity contribution in [2.45, 2.75) is 19.3 Å². The first-order chi connectivity index (χ1) is 7.31. The van der Waals surface area contributed by atoms with Gasteiger partial charge in [-0.15, -0.1) is 0 Å². The fourth-order valence-electron chi connectivity index (χ4n) is 1.77. The molecule has 0 saturated carbocycles. The average Bonchev–Trinajstić information content (AvgIpc) is 2.31. The van der Waals surface area contributed by atoms with Crippen molar-refractivity contribution in [3.63, 3.8) is 0 Å². The number of halogens is 1. The van der Waals surface area contributed by atoms with E-state index >= 15 is 0 Å². The van der Waals surface area contributed by atoms with Gasteiger partial charge in [0, 0.05) is 13.1 Å². The molecule has 0 radical (unpaired) electrons. The van der Waals surface area contributed by atoms with E-state index in [1.54, 1.807) is 13.3 Å². The fourth-order valence-corrected chi connectivity index (χ4v) is 2.21. The molecule has 1 aliphatic rings. The minimum Gasteiger partial charge on any atom is -0.467 e. The van der Waals surface area contributed by atoms with Gasteiger partial charge >= 0.3 is 6.01 Å². The number of aromatic nitrogens is 2. The van der Waals surface area contributed by atoms with Crippen molar-refractivity contribution in [2.75, 3.05) is 25.1 Å². The Balaban J connectivity index is 2.24. The van der Waals surface area contributed by atoms with Crippen LogP contribution < -0.4 is 9.64 Å². The summed E-state index contributed by atoms with van der Waals surface area (Å²) in [5.74, 6) is 0.946. The second kappa shape index (κ2) is 4.79. The van der Waals surface area contributed by atoms with Crippen molar-refractivity contribution < 1.29 is 4.74 Å². The van der Waals surface area contributed by atoms with Crippen LogP contribution in [0.25, 0.3) is 0 Å². The van der Waals surface area contributed by atoms with Gasteiger partial charge in [-0.1, -0.05) is 0 Å². The highest BCUT2D eigenvalue weighted by atomic mass is 79.9. The van der Waals surface area contributed by atoms with Gasteiger partial charge in [0.2, 0.25) is 0 Å². The highest BCUT2D eigenvalue weighted by Crippen LogP contribution is 2.27. The van der Waals surface area contributed by atoms with Crippen molar-refractivity contribution in [1.29, 1.82) is 0 Å². The van der Waals surface area contributed by atoms with Gasteiger partial charge in [0.1, 0.15) is 5.82 Å². The fraction of sp³-hybridized carbons (Fsp3) is 0.600. The SMILES string of the molecule is COc1ncc(Br)c(N2CCCCC2)n1. The summed E-state index contributed by atoms with van der Waals surface area (Å²) in [5, 5.41) is 0. The van der Waals surface area contributed by atoms with Crippen LogP contribution >= 0.6 is 15.9 Å². The van der Waals surface area contributed by atoms with Crippen LogP contribution in [-0.2, 0) is 0 Å². The number of anilines is 1. The lowest BCUT2D eigenvalue weighted by atomic mass is 10.1. The van der Waals surface area contributed by atoms with Crippen LogP contribution in [0.15, 0.2) is 10.7 Å². The van der Waals surface area contributed by atoms with Gasteiger partial charge in [0.25, 0.3) is 0 Å². The van der Waals surface area contributed by atoms with Crippen LogP contribution in [0, 0.1) is 0 Å². The molecule has 1 aliphatic heterocycles. The summed E-state index contributed by atoms with van der Waals surface area (Å²) in [7, 11) is 1.59. The van der Waals surface area contributed by atoms with Crippen LogP contribution in [0.4, 0.5) is 5.82 Å². The number of hydrogen-bond donors (Lipinski definition) is 0. The van der Waals surface area contributed by atoms with Crippen molar-refractivity contribution in [1.82, 2.24) is 9.97 Å². The molecule has 2 heterocycles. The predicted molar refractivity (Wildman–Crippen MR) is 62.3 cm³/mol. The molecule has 1 aromatic rings. The van der Waals surface area contributed by atoms with Crippen LogP contribution in [0.5, 0.6) is 6.01 Å². The summed E-state index contributed by atoms with van der Waals surface area (Å²) < 4.78 is 5.97. The average molecular weight is 272 g/mol. The smallest absolute Gasteiger partial charge is 0.318 e. The van der Waals surface area contributed by atoms with Gasteiger partial charge in [-0.3, -0.25) is 0 Å². The molecule has 0 amide bonds. The monoisotopic (exact) mass is 271 g/mol. The Kier molecular flexibility index (Phi) is 3.41. The zero-order chi connectivity index (χ0) is 10.7. The Hall–Kier alpha value is -0.840. The standard InChI is InChI=1S/C10H14BrN3O/c1-15-10-12-7-8(11)9(13-10)14-5-3-2-4-6-14/h7H,2-6H2,1H3. The second-order valence-corrected chi connectivity index (χ2v) is 4.43. The first-order valence-electron chi connectivity index (χ1n) is 5.13. The molecule has 82 valence electrons. The van der Waals surface area contributed by atoms with E-state index in [-0.39, 0.29) is 0 Å². The first-order valence-corrected chi connectivity index (χ1v) is 5.92. The minimum absolute atomic E-state index is 0.429. The van der Waals surface area contributed by atoms with Crippen molar-refractivity contribution in [2.24, 2.45) is 0 Å². The molecule has 15 heavy (non-hydrogen) atoms. The lowest BCUT2D eigenvalue weighted by Gasteiger charge is -2.28. The summed E-state index contributed by atoms with van der Waals surface area (Å²) in [6.07, 6.45) is 5.53. The Bertz CT molecular complexity index is 339. The lowest BCUT2D eigenvalue weighted by Crippen LogP contribution is -2.30. The molecule has 1 aromatic heterocycles. The van der Waals surface area contributed by atoms with Crippen LogP contribution in [0.3, 0.4) is 0 Å². The highest BCUT2D eigenvalue weighted by Gasteiger charge is 2.16. The number of rotatable bonds is 2. The van der Waals surface area contributed by atoms with Gasteiger partial charge in [-0.05, 0) is 35.2 Å². The predicted octanol–water partition coefficient (Wildman–Crippen LogP) is 2.24. The van der Waals surface area contributed by atoms with Crippen molar-refractivity contribution in [3.8, 4) is 6.01 Å². The maximum absolute atomic E-state index is 5.03. The Morgan fingerprint density at radius 2 is 2.07 bits per heavy atom. The normalized spacial score (nSPS) is 16.5. The molecule has 1 fully saturated rings. The second-order valence-electron chi connectivity index (χ2n) is 3.58. The van der Waals surface area contributed by atoms with Gasteiger partial charge in [-0.25, -0.2) is 4.98 Å². The zero-order valence-electron chi connectivity index (χ0n) is 8.74. The van der Waals surface area contributed by atoms with E-state index in [4.69, 9.17) is 4.74 Å². The topological polar surface area (TPSA) is 38.2 Å². The summed E-state index contributed by atoms with van der Waals surface area (Å²) in [6.45, 7) is 2.14. The molecule has 0 N–H and O–H groups in total. The molecular weight excluding hydrogens is 258 g/mol. The van der Waals surface area contributed by atoms with Crippen LogP contribution in [-0.4, -0.2) is 30.2 Å². The highest BCUT2D eigenvalue weighted by molar-refractivity contribution is 9.10. The third kappa shape index (κ3) is 2.40. The molecule has 0 aromatic carbocycles. The number of ether oxygens (including phenoxy) is 1. The molecule has 0 unspecified atom stereocenters. The van der Waals surface area contributed by atoms with E-state index in [2.05, 4.69) is 30.8 Å². The Morgan fingerprint density at radius 1 is 1.33 bits per heavy atom. The molecule has 1 saturated heterocycles. The Labute approximate surface area is 97.8 Å². The molecule has 0 atom stereocenters. The number of methoxy groups -OCH3 is 1. The maximum Gasteiger partial charge on any atom is 0.318 e. The third-order valence-corrected chi connectivity index (χ3v) is 3.10. The third-order valence-electron chi connectivity index (χ3n) is 2.54. The summed E-state index contributed by atoms with van der Waals surface area (Å²) in [6, 6.07) is 0.429. The van der Waals surface area contributed by atoms with Gasteiger partial charge < -0.3 is 9.64 Å². The first kappa shape index (κ1) is 10.7. The van der Waals surface area contributed by atoms with Gasteiger partial charge in [-0.2, -0.15) is 4.98 Å². The van der Waals surface area contributed by atoms with E-state index in [1.165, 1.54) is 19.3 Å². The van der Waals surface area contributed by atoms with E-state index in [1.807, 2.05) is 0 Å². The molecule has 4 nitrogen and oxygen atoms in total. The van der Waals surface area contributed by atoms with Crippen molar-refractivity contribution in [3.05, 3.63) is 10.7 Å². The van der Waals surface area contributed by atoms with E-state index in [0.29, 0.717) is 6.01 Å².